The summed E-state index contributed by atoms with van der Waals surface area (Å²) in [5, 5.41) is 5.93. The standard InChI is InChI=1S/C23H26F3N7O2/c1-3-33(22(35)13-7-10-32(2)11-8-13)14-4-5-15-16(12-14)30-21(29-15)18(19(27)34)20-28-9-6-17(31-20)23(24,25)26/h4-6,9,12-13,29-30H,3,7-8,10-11H2,1-2H3,(H2,27,34)/b21-18-. The number of halogens is 3. The van der Waals surface area contributed by atoms with Crippen LogP contribution in [0.2, 0.25) is 0 Å². The van der Waals surface area contributed by atoms with Crippen molar-refractivity contribution in [3.8, 4) is 0 Å². The Balaban J connectivity index is 1.62. The molecule has 2 amide bonds. The van der Waals surface area contributed by atoms with Crippen LogP contribution in [0.15, 0.2) is 36.3 Å². The first-order valence-corrected chi connectivity index (χ1v) is 11.2. The molecule has 0 radical (unpaired) electrons. The van der Waals surface area contributed by atoms with Crippen molar-refractivity contribution in [1.29, 1.82) is 0 Å². The van der Waals surface area contributed by atoms with E-state index in [4.69, 9.17) is 5.73 Å². The van der Waals surface area contributed by atoms with Crippen molar-refractivity contribution < 1.29 is 22.8 Å². The van der Waals surface area contributed by atoms with Crippen LogP contribution in [0.3, 0.4) is 0 Å². The number of piperidine rings is 1. The van der Waals surface area contributed by atoms with Crippen LogP contribution in [0.4, 0.5) is 30.2 Å². The molecule has 2 aromatic rings. The van der Waals surface area contributed by atoms with Crippen LogP contribution < -0.4 is 21.3 Å². The molecular weight excluding hydrogens is 463 g/mol. The molecule has 1 aromatic heterocycles. The molecule has 1 saturated heterocycles. The van der Waals surface area contributed by atoms with Crippen molar-refractivity contribution in [3.05, 3.63) is 47.8 Å². The number of nitrogens with zero attached hydrogens (tertiary/aromatic N) is 4. The maximum atomic E-state index is 13.2. The number of primary amides is 1. The van der Waals surface area contributed by atoms with Gasteiger partial charge in [0.1, 0.15) is 17.1 Å². The van der Waals surface area contributed by atoms with Crippen LogP contribution in [0.1, 0.15) is 31.3 Å². The maximum absolute atomic E-state index is 13.2. The predicted octanol–water partition coefficient (Wildman–Crippen LogP) is 2.88. The third-order valence-electron chi connectivity index (χ3n) is 6.15. The molecule has 9 nitrogen and oxygen atoms in total. The fraction of sp³-hybridized carbons (Fsp3) is 0.391. The van der Waals surface area contributed by atoms with Crippen LogP contribution in [0.5, 0.6) is 0 Å². The highest BCUT2D eigenvalue weighted by atomic mass is 19.4. The van der Waals surface area contributed by atoms with E-state index in [1.54, 1.807) is 23.1 Å². The van der Waals surface area contributed by atoms with Gasteiger partial charge >= 0.3 is 6.18 Å². The Morgan fingerprint density at radius 2 is 1.86 bits per heavy atom. The molecule has 3 heterocycles. The third kappa shape index (κ3) is 5.06. The zero-order valence-electron chi connectivity index (χ0n) is 19.3. The Labute approximate surface area is 200 Å². The molecule has 2 aliphatic heterocycles. The number of likely N-dealkylation sites (tertiary alicyclic amines) is 1. The Bertz CT molecular complexity index is 1170. The number of carbonyl (C=O) groups is 2. The quantitative estimate of drug-likeness (QED) is 0.553. The van der Waals surface area contributed by atoms with Gasteiger partial charge in [-0.2, -0.15) is 13.2 Å². The van der Waals surface area contributed by atoms with E-state index in [1.807, 2.05) is 14.0 Å². The molecule has 0 saturated carbocycles. The fourth-order valence-electron chi connectivity index (χ4n) is 4.26. The number of hydrogen-bond donors (Lipinski definition) is 3. The van der Waals surface area contributed by atoms with Crippen molar-refractivity contribution in [3.63, 3.8) is 0 Å². The molecule has 12 heteroatoms. The number of carbonyl (C=O) groups excluding carboxylic acids is 2. The van der Waals surface area contributed by atoms with E-state index in [9.17, 15) is 22.8 Å². The lowest BCUT2D eigenvalue weighted by Crippen LogP contribution is -2.41. The van der Waals surface area contributed by atoms with Crippen LogP contribution in [0.25, 0.3) is 5.57 Å². The minimum Gasteiger partial charge on any atom is -0.365 e. The summed E-state index contributed by atoms with van der Waals surface area (Å²) >= 11 is 0. The van der Waals surface area contributed by atoms with Gasteiger partial charge in [0.05, 0.1) is 11.4 Å². The number of aromatic nitrogens is 2. The van der Waals surface area contributed by atoms with Gasteiger partial charge < -0.3 is 26.2 Å². The second-order valence-electron chi connectivity index (χ2n) is 8.52. The van der Waals surface area contributed by atoms with Gasteiger partial charge in [-0.1, -0.05) is 0 Å². The Morgan fingerprint density at radius 1 is 1.17 bits per heavy atom. The number of benzene rings is 1. The highest BCUT2D eigenvalue weighted by Crippen LogP contribution is 2.37. The SMILES string of the molecule is CCN(C(=O)C1CCN(C)CC1)c1ccc2c(c1)N/C(=C(/C(N)=O)c1nccc(C(F)(F)F)n1)N2. The smallest absolute Gasteiger partial charge is 0.365 e. The zero-order valence-corrected chi connectivity index (χ0v) is 19.3. The molecule has 35 heavy (non-hydrogen) atoms. The van der Waals surface area contributed by atoms with Crippen LogP contribution >= 0.6 is 0 Å². The van der Waals surface area contributed by atoms with Crippen LogP contribution in [-0.2, 0) is 15.8 Å². The summed E-state index contributed by atoms with van der Waals surface area (Å²) in [6.07, 6.45) is -2.20. The van der Waals surface area contributed by atoms with Gasteiger partial charge in [-0.15, -0.1) is 0 Å². The normalized spacial score (nSPS) is 17.9. The lowest BCUT2D eigenvalue weighted by atomic mass is 9.95. The molecule has 0 spiro atoms. The fourth-order valence-corrected chi connectivity index (χ4v) is 4.26. The molecular formula is C23H26F3N7O2. The second-order valence-corrected chi connectivity index (χ2v) is 8.52. The largest absolute Gasteiger partial charge is 0.433 e. The van der Waals surface area contributed by atoms with Crippen molar-refractivity contribution in [1.82, 2.24) is 14.9 Å². The van der Waals surface area contributed by atoms with E-state index in [2.05, 4.69) is 25.5 Å². The molecule has 0 aliphatic carbocycles. The predicted molar refractivity (Wildman–Crippen MR) is 125 cm³/mol. The van der Waals surface area contributed by atoms with Gasteiger partial charge in [0.25, 0.3) is 5.91 Å². The van der Waals surface area contributed by atoms with E-state index >= 15 is 0 Å². The number of alkyl halides is 3. The number of rotatable bonds is 5. The molecule has 0 unspecified atom stereocenters. The second kappa shape index (κ2) is 9.53. The number of amides is 2. The van der Waals surface area contributed by atoms with Crippen molar-refractivity contribution in [2.75, 3.05) is 42.2 Å². The minimum atomic E-state index is -4.70. The number of fused-ring (bicyclic) bond motifs is 1. The average molecular weight is 490 g/mol. The highest BCUT2D eigenvalue weighted by Gasteiger charge is 2.34. The van der Waals surface area contributed by atoms with Gasteiger partial charge in [0.2, 0.25) is 5.91 Å². The molecule has 186 valence electrons. The van der Waals surface area contributed by atoms with Crippen molar-refractivity contribution in [2.24, 2.45) is 11.7 Å². The summed E-state index contributed by atoms with van der Waals surface area (Å²) in [6, 6.07) is 5.96. The maximum Gasteiger partial charge on any atom is 0.433 e. The number of anilines is 3. The van der Waals surface area contributed by atoms with Gasteiger partial charge in [-0.05, 0) is 64.2 Å². The Hall–Kier alpha value is -3.67. The van der Waals surface area contributed by atoms with Gasteiger partial charge in [0.15, 0.2) is 5.82 Å². The number of hydrogen-bond acceptors (Lipinski definition) is 7. The van der Waals surface area contributed by atoms with Gasteiger partial charge in [0, 0.05) is 24.3 Å². The summed E-state index contributed by atoms with van der Waals surface area (Å²) in [7, 11) is 2.04. The molecule has 1 aromatic carbocycles. The summed E-state index contributed by atoms with van der Waals surface area (Å²) < 4.78 is 39.3. The third-order valence-corrected chi connectivity index (χ3v) is 6.15. The average Bonchev–Trinajstić information content (AvgIpc) is 3.22. The number of nitrogens with one attached hydrogen (secondary N) is 2. The van der Waals surface area contributed by atoms with E-state index in [0.717, 1.165) is 32.1 Å². The molecule has 1 fully saturated rings. The molecule has 0 atom stereocenters. The van der Waals surface area contributed by atoms with Crippen LogP contribution in [-0.4, -0.2) is 53.4 Å². The summed E-state index contributed by atoms with van der Waals surface area (Å²) in [6.45, 7) is 4.11. The first kappa shape index (κ1) is 24.5. The summed E-state index contributed by atoms with van der Waals surface area (Å²) in [4.78, 5) is 36.6. The lowest BCUT2D eigenvalue weighted by Gasteiger charge is -2.32. The minimum absolute atomic E-state index is 0.0532. The first-order valence-electron chi connectivity index (χ1n) is 11.2. The van der Waals surface area contributed by atoms with Gasteiger partial charge in [-0.3, -0.25) is 9.59 Å². The van der Waals surface area contributed by atoms with Crippen LogP contribution in [0, 0.1) is 5.92 Å². The van der Waals surface area contributed by atoms with E-state index < -0.39 is 23.6 Å². The van der Waals surface area contributed by atoms with E-state index in [0.29, 0.717) is 29.7 Å². The van der Waals surface area contributed by atoms with Gasteiger partial charge in [-0.25, -0.2) is 9.97 Å². The molecule has 2 aliphatic rings. The van der Waals surface area contributed by atoms with Crippen molar-refractivity contribution >= 4 is 34.4 Å². The lowest BCUT2D eigenvalue weighted by molar-refractivity contribution is -0.141. The monoisotopic (exact) mass is 489 g/mol. The first-order chi connectivity index (χ1) is 16.6. The molecule has 4 N–H and O–H groups in total. The molecule has 0 bridgehead atoms. The van der Waals surface area contributed by atoms with E-state index in [-0.39, 0.29) is 23.2 Å². The topological polar surface area (TPSA) is 116 Å². The summed E-state index contributed by atoms with van der Waals surface area (Å²) in [5.74, 6) is -1.39. The summed E-state index contributed by atoms with van der Waals surface area (Å²) in [5.41, 5.74) is 5.75. The van der Waals surface area contributed by atoms with Crippen molar-refractivity contribution in [2.45, 2.75) is 25.9 Å². The Kier molecular flexibility index (Phi) is 6.66. The zero-order chi connectivity index (χ0) is 25.3. The Morgan fingerprint density at radius 3 is 2.49 bits per heavy atom. The number of nitrogens with two attached hydrogens (primary N) is 1. The molecule has 4 rings (SSSR count). The highest BCUT2D eigenvalue weighted by molar-refractivity contribution is 6.20. The van der Waals surface area contributed by atoms with E-state index in [1.165, 1.54) is 0 Å².